The summed E-state index contributed by atoms with van der Waals surface area (Å²) in [4.78, 5) is 20.2. The first-order valence-electron chi connectivity index (χ1n) is 8.38. The summed E-state index contributed by atoms with van der Waals surface area (Å²) >= 11 is 12.4. The normalized spacial score (nSPS) is 11.1. The third-order valence-corrected chi connectivity index (χ3v) is 5.04. The first-order valence-corrected chi connectivity index (χ1v) is 9.14. The Kier molecular flexibility index (Phi) is 4.78. The van der Waals surface area contributed by atoms with Gasteiger partial charge in [0.05, 0.1) is 10.0 Å². The largest absolute Gasteiger partial charge is 0.487 e. The van der Waals surface area contributed by atoms with E-state index in [1.807, 2.05) is 31.2 Å². The zero-order valence-electron chi connectivity index (χ0n) is 15.0. The summed E-state index contributed by atoms with van der Waals surface area (Å²) in [6, 6.07) is 7.47. The second kappa shape index (κ2) is 7.26. The molecular formula is C19H15Cl2N4O3+. The first-order chi connectivity index (χ1) is 13.5. The minimum atomic E-state index is 0.168. The molecule has 3 heterocycles. The molecule has 0 radical (unpaired) electrons. The number of halogens is 2. The molecule has 142 valence electrons. The Morgan fingerprint density at radius 3 is 2.64 bits per heavy atom. The van der Waals surface area contributed by atoms with E-state index in [-0.39, 0.29) is 6.61 Å². The van der Waals surface area contributed by atoms with Crippen LogP contribution in [0.5, 0.6) is 5.75 Å². The maximum Gasteiger partial charge on any atom is 0.246 e. The van der Waals surface area contributed by atoms with E-state index in [1.54, 1.807) is 6.92 Å². The van der Waals surface area contributed by atoms with Gasteiger partial charge < -0.3 is 4.74 Å². The van der Waals surface area contributed by atoms with Crippen molar-refractivity contribution in [2.24, 2.45) is 0 Å². The molecular weight excluding hydrogens is 403 g/mol. The van der Waals surface area contributed by atoms with Crippen molar-refractivity contribution in [1.29, 1.82) is 0 Å². The van der Waals surface area contributed by atoms with Crippen molar-refractivity contribution in [3.8, 4) is 17.0 Å². The number of aromatic nitrogens is 4. The van der Waals surface area contributed by atoms with E-state index in [9.17, 15) is 4.91 Å². The molecule has 4 rings (SSSR count). The van der Waals surface area contributed by atoms with Crippen LogP contribution in [0.25, 0.3) is 22.2 Å². The Balaban J connectivity index is 1.81. The molecule has 0 bridgehead atoms. The monoisotopic (exact) mass is 417 g/mol. The van der Waals surface area contributed by atoms with Crippen molar-refractivity contribution >= 4 is 34.1 Å². The van der Waals surface area contributed by atoms with Crippen molar-refractivity contribution in [2.45, 2.75) is 20.5 Å². The summed E-state index contributed by atoms with van der Waals surface area (Å²) in [6.07, 6.45) is 3.04. The predicted octanol–water partition coefficient (Wildman–Crippen LogP) is 4.64. The van der Waals surface area contributed by atoms with Crippen LogP contribution in [0.3, 0.4) is 0 Å². The lowest BCUT2D eigenvalue weighted by Gasteiger charge is -2.12. The van der Waals surface area contributed by atoms with Gasteiger partial charge in [0.15, 0.2) is 4.60 Å². The van der Waals surface area contributed by atoms with Crippen molar-refractivity contribution < 1.29 is 14.0 Å². The number of H-pyrrole nitrogens is 1. The van der Waals surface area contributed by atoms with Crippen LogP contribution in [0.2, 0.25) is 10.0 Å². The number of fused-ring (bicyclic) bond motifs is 1. The van der Waals surface area contributed by atoms with Gasteiger partial charge in [-0.05, 0) is 24.0 Å². The zero-order chi connectivity index (χ0) is 19.8. The molecule has 3 aromatic heterocycles. The van der Waals surface area contributed by atoms with Gasteiger partial charge in [0.25, 0.3) is 0 Å². The average molecular weight is 418 g/mol. The first kappa shape index (κ1) is 18.5. The van der Waals surface area contributed by atoms with Gasteiger partial charge in [0.2, 0.25) is 11.4 Å². The molecule has 1 N–H and O–H groups in total. The highest BCUT2D eigenvalue weighted by Crippen LogP contribution is 2.34. The van der Waals surface area contributed by atoms with E-state index in [2.05, 4.69) is 15.1 Å². The van der Waals surface area contributed by atoms with E-state index >= 15 is 0 Å². The molecule has 0 amide bonds. The zero-order valence-corrected chi connectivity index (χ0v) is 16.5. The van der Waals surface area contributed by atoms with Gasteiger partial charge >= 0.3 is 0 Å². The van der Waals surface area contributed by atoms with Gasteiger partial charge in [0.1, 0.15) is 17.9 Å². The molecule has 0 saturated heterocycles. The summed E-state index contributed by atoms with van der Waals surface area (Å²) in [5, 5.41) is 4.35. The molecule has 1 aromatic carbocycles. The number of benzene rings is 1. The summed E-state index contributed by atoms with van der Waals surface area (Å²) in [5.41, 5.74) is 3.88. The van der Waals surface area contributed by atoms with Gasteiger partial charge in [-0.1, -0.05) is 45.1 Å². The number of ether oxygens (including phenoxy) is 1. The second-order valence-corrected chi connectivity index (χ2v) is 7.06. The number of hydrogen-bond acceptors (Lipinski definition) is 5. The van der Waals surface area contributed by atoms with Crippen LogP contribution in [0.1, 0.15) is 17.0 Å². The van der Waals surface area contributed by atoms with Gasteiger partial charge in [0, 0.05) is 41.5 Å². The molecule has 0 aliphatic carbocycles. The van der Waals surface area contributed by atoms with E-state index in [0.29, 0.717) is 42.9 Å². The SMILES string of the molecule is Cc1cc(-c2[nH]o[n+](=O)c2C)c2cccc(OCc3c(Cl)cncc3Cl)c2n1. The molecule has 0 aliphatic rings. The molecule has 0 saturated carbocycles. The number of para-hydroxylation sites is 1. The molecule has 0 fully saturated rings. The Labute approximate surface area is 169 Å². The van der Waals surface area contributed by atoms with Crippen LogP contribution in [0.15, 0.2) is 41.3 Å². The highest BCUT2D eigenvalue weighted by molar-refractivity contribution is 6.35. The maximum absolute atomic E-state index is 11.7. The summed E-state index contributed by atoms with van der Waals surface area (Å²) in [5.74, 6) is 0.572. The maximum atomic E-state index is 11.7. The number of aryl methyl sites for hydroxylation is 1. The average Bonchev–Trinajstić information content (AvgIpc) is 2.99. The number of nitrogens with one attached hydrogen (secondary N) is 1. The van der Waals surface area contributed by atoms with Crippen molar-refractivity contribution in [3.05, 3.63) is 68.6 Å². The number of aromatic amines is 1. The lowest BCUT2D eigenvalue weighted by Crippen LogP contribution is -2.12. The summed E-state index contributed by atoms with van der Waals surface area (Å²) in [6.45, 7) is 3.72. The fourth-order valence-corrected chi connectivity index (χ4v) is 3.44. The molecule has 4 aromatic rings. The fourth-order valence-electron chi connectivity index (χ4n) is 2.97. The molecule has 0 spiro atoms. The quantitative estimate of drug-likeness (QED) is 0.522. The Morgan fingerprint density at radius 2 is 1.96 bits per heavy atom. The molecule has 7 nitrogen and oxygen atoms in total. The molecule has 0 aliphatic heterocycles. The van der Waals surface area contributed by atoms with E-state index in [4.69, 9.17) is 32.6 Å². The van der Waals surface area contributed by atoms with Crippen molar-refractivity contribution in [1.82, 2.24) is 15.1 Å². The van der Waals surface area contributed by atoms with Crippen molar-refractivity contribution in [3.63, 3.8) is 0 Å². The predicted molar refractivity (Wildman–Crippen MR) is 105 cm³/mol. The van der Waals surface area contributed by atoms with E-state index in [0.717, 1.165) is 16.6 Å². The van der Waals surface area contributed by atoms with Crippen molar-refractivity contribution in [2.75, 3.05) is 0 Å². The smallest absolute Gasteiger partial charge is 0.246 e. The van der Waals surface area contributed by atoms with Gasteiger partial charge in [-0.25, -0.2) is 4.98 Å². The van der Waals surface area contributed by atoms with E-state index < -0.39 is 0 Å². The minimum absolute atomic E-state index is 0.168. The standard InChI is InChI=1S/C19H15Cl2N4O3/c1-10-6-13(18-11(2)25(26)28-24-18)12-4-3-5-17(19(12)23-10)27-9-14-15(20)7-22-8-16(14)21/h3-8,24H,9H2,1-2H3/q+1. The Hall–Kier alpha value is -2.90. The van der Waals surface area contributed by atoms with Crippen LogP contribution in [0.4, 0.5) is 0 Å². The van der Waals surface area contributed by atoms with Gasteiger partial charge in [-0.3, -0.25) is 4.98 Å². The molecule has 9 heteroatoms. The second-order valence-electron chi connectivity index (χ2n) is 6.24. The topological polar surface area (TPSA) is 86.9 Å². The number of hydrogen-bond donors (Lipinski definition) is 1. The number of rotatable bonds is 4. The lowest BCUT2D eigenvalue weighted by molar-refractivity contribution is -0.718. The van der Waals surface area contributed by atoms with Crippen LogP contribution >= 0.6 is 23.2 Å². The third-order valence-electron chi connectivity index (χ3n) is 4.39. The van der Waals surface area contributed by atoms with Crippen LogP contribution in [-0.4, -0.2) is 15.1 Å². The van der Waals surface area contributed by atoms with Gasteiger partial charge in [-0.2, -0.15) is 0 Å². The lowest BCUT2D eigenvalue weighted by atomic mass is 10.0. The number of pyridine rings is 2. The summed E-state index contributed by atoms with van der Waals surface area (Å²) < 4.78 is 11.3. The highest BCUT2D eigenvalue weighted by Gasteiger charge is 2.21. The summed E-state index contributed by atoms with van der Waals surface area (Å²) in [7, 11) is 0. The van der Waals surface area contributed by atoms with Crippen LogP contribution in [0, 0.1) is 18.8 Å². The van der Waals surface area contributed by atoms with Crippen LogP contribution < -0.4 is 9.34 Å². The molecule has 28 heavy (non-hydrogen) atoms. The minimum Gasteiger partial charge on any atom is -0.487 e. The Morgan fingerprint density at radius 1 is 1.21 bits per heavy atom. The molecule has 0 atom stereocenters. The third kappa shape index (κ3) is 3.23. The fraction of sp³-hybridized carbons (Fsp3) is 0.158. The van der Waals surface area contributed by atoms with E-state index in [1.165, 1.54) is 12.4 Å². The Bertz CT molecular complexity index is 1230. The van der Waals surface area contributed by atoms with Crippen LogP contribution in [-0.2, 0) is 6.61 Å². The molecule has 0 unspecified atom stereocenters. The number of nitrogens with zero attached hydrogens (tertiary/aromatic N) is 3. The highest BCUT2D eigenvalue weighted by atomic mass is 35.5. The van der Waals surface area contributed by atoms with Gasteiger partial charge in [-0.15, -0.1) is 0 Å².